The molecule has 0 radical (unpaired) electrons. The number of aliphatic carboxylic acids is 1. The highest BCUT2D eigenvalue weighted by Gasteiger charge is 2.38. The molecule has 0 aromatic carbocycles. The number of halogens is 3. The number of carbonyl (C=O) groups is 2. The number of amides is 1. The number of pyridine rings is 2. The molecule has 3 aromatic rings. The number of alkyl halides is 3. The molecule has 11 heteroatoms. The van der Waals surface area contributed by atoms with Crippen LogP contribution in [0.4, 0.5) is 18.9 Å². The number of carbonyl (C=O) groups excluding carboxylic acids is 1. The van der Waals surface area contributed by atoms with Gasteiger partial charge in [-0.3, -0.25) is 4.79 Å². The van der Waals surface area contributed by atoms with Gasteiger partial charge in [0.15, 0.2) is 0 Å². The number of carboxylic acid groups (broad SMARTS) is 1. The lowest BCUT2D eigenvalue weighted by Gasteiger charge is -2.08. The Balaban J connectivity index is 0.000000451. The predicted octanol–water partition coefficient (Wildman–Crippen LogP) is 4.36. The first-order chi connectivity index (χ1) is 15.2. The predicted molar refractivity (Wildman–Crippen MR) is 111 cm³/mol. The second-order valence-corrected chi connectivity index (χ2v) is 6.69. The SMILES string of the molecule is CCCCCc1cn2cc(C(=O)Nc3cccnc3OC)ccc2n1.O=C(O)C(F)(F)F. The summed E-state index contributed by atoms with van der Waals surface area (Å²) in [6, 6.07) is 7.14. The van der Waals surface area contributed by atoms with Crippen LogP contribution in [0.5, 0.6) is 5.88 Å². The highest BCUT2D eigenvalue weighted by atomic mass is 19.4. The molecule has 2 N–H and O–H groups in total. The monoisotopic (exact) mass is 452 g/mol. The fraction of sp³-hybridized carbons (Fsp3) is 0.333. The molecule has 0 aliphatic carbocycles. The zero-order valence-corrected chi connectivity index (χ0v) is 17.5. The Morgan fingerprint density at radius 1 is 1.19 bits per heavy atom. The van der Waals surface area contributed by atoms with Crippen LogP contribution >= 0.6 is 0 Å². The van der Waals surface area contributed by atoms with E-state index in [2.05, 4.69) is 22.2 Å². The Morgan fingerprint density at radius 3 is 2.53 bits per heavy atom. The van der Waals surface area contributed by atoms with Gasteiger partial charge in [0.25, 0.3) is 5.91 Å². The van der Waals surface area contributed by atoms with Crippen LogP contribution in [0.1, 0.15) is 42.2 Å². The smallest absolute Gasteiger partial charge is 0.480 e. The van der Waals surface area contributed by atoms with Gasteiger partial charge in [0.1, 0.15) is 11.3 Å². The molecule has 0 unspecified atom stereocenters. The van der Waals surface area contributed by atoms with Gasteiger partial charge < -0.3 is 19.6 Å². The summed E-state index contributed by atoms with van der Waals surface area (Å²) in [6.45, 7) is 2.19. The highest BCUT2D eigenvalue weighted by Crippen LogP contribution is 2.21. The van der Waals surface area contributed by atoms with E-state index < -0.39 is 12.1 Å². The number of fused-ring (bicyclic) bond motifs is 1. The molecule has 0 aliphatic heterocycles. The Kier molecular flexibility index (Phi) is 8.56. The molecule has 0 aliphatic rings. The van der Waals surface area contributed by atoms with E-state index in [-0.39, 0.29) is 5.91 Å². The third kappa shape index (κ3) is 6.96. The first-order valence-electron chi connectivity index (χ1n) is 9.73. The molecule has 3 heterocycles. The van der Waals surface area contributed by atoms with Crippen molar-refractivity contribution in [1.29, 1.82) is 0 Å². The first kappa shape index (κ1) is 24.6. The molecule has 0 atom stereocenters. The minimum atomic E-state index is -5.08. The highest BCUT2D eigenvalue weighted by molar-refractivity contribution is 6.04. The summed E-state index contributed by atoms with van der Waals surface area (Å²) in [7, 11) is 1.52. The molecule has 3 aromatic heterocycles. The van der Waals surface area contributed by atoms with Crippen molar-refractivity contribution in [1.82, 2.24) is 14.4 Å². The topological polar surface area (TPSA) is 106 Å². The van der Waals surface area contributed by atoms with Gasteiger partial charge in [-0.2, -0.15) is 13.2 Å². The molecule has 0 saturated heterocycles. The van der Waals surface area contributed by atoms with E-state index in [9.17, 15) is 18.0 Å². The molecule has 32 heavy (non-hydrogen) atoms. The zero-order chi connectivity index (χ0) is 23.7. The molecule has 0 spiro atoms. The van der Waals surface area contributed by atoms with E-state index >= 15 is 0 Å². The number of aryl methyl sites for hydroxylation is 1. The quantitative estimate of drug-likeness (QED) is 0.516. The zero-order valence-electron chi connectivity index (χ0n) is 17.5. The molecular formula is C21H23F3N4O4. The Hall–Kier alpha value is -3.63. The van der Waals surface area contributed by atoms with Crippen molar-refractivity contribution in [3.63, 3.8) is 0 Å². The standard InChI is InChI=1S/C19H22N4O2.C2HF3O2/c1-3-4-5-7-15-13-23-12-14(9-10-17(23)21-15)18(24)22-16-8-6-11-20-19(16)25-2;3-2(4,5)1(6)7/h6,8-13H,3-5,7H2,1-2H3,(H,22,24);(H,6,7). The van der Waals surface area contributed by atoms with Crippen LogP contribution in [-0.2, 0) is 11.2 Å². The van der Waals surface area contributed by atoms with Gasteiger partial charge >= 0.3 is 12.1 Å². The van der Waals surface area contributed by atoms with Crippen LogP contribution in [-0.4, -0.2) is 44.6 Å². The largest absolute Gasteiger partial charge is 0.490 e. The molecule has 172 valence electrons. The van der Waals surface area contributed by atoms with Crippen LogP contribution < -0.4 is 10.1 Å². The van der Waals surface area contributed by atoms with Crippen LogP contribution in [0.25, 0.3) is 5.65 Å². The normalized spacial score (nSPS) is 10.9. The molecule has 1 amide bonds. The average molecular weight is 452 g/mol. The summed E-state index contributed by atoms with van der Waals surface area (Å²) in [6.07, 6.45) is 4.81. The van der Waals surface area contributed by atoms with Crippen molar-refractivity contribution in [3.05, 3.63) is 54.1 Å². The van der Waals surface area contributed by atoms with Crippen molar-refractivity contribution >= 4 is 23.2 Å². The molecule has 3 rings (SSSR count). The first-order valence-corrected chi connectivity index (χ1v) is 9.73. The Morgan fingerprint density at radius 2 is 1.91 bits per heavy atom. The van der Waals surface area contributed by atoms with Crippen LogP contribution in [0, 0.1) is 0 Å². The lowest BCUT2D eigenvalue weighted by molar-refractivity contribution is -0.192. The second-order valence-electron chi connectivity index (χ2n) is 6.69. The number of nitrogens with zero attached hydrogens (tertiary/aromatic N) is 3. The number of hydrogen-bond donors (Lipinski definition) is 2. The minimum Gasteiger partial charge on any atom is -0.480 e. The van der Waals surface area contributed by atoms with E-state index in [1.165, 1.54) is 20.0 Å². The fourth-order valence-corrected chi connectivity index (χ4v) is 2.70. The van der Waals surface area contributed by atoms with Gasteiger partial charge in [-0.1, -0.05) is 19.8 Å². The number of hydrogen-bond acceptors (Lipinski definition) is 5. The third-order valence-corrected chi connectivity index (χ3v) is 4.25. The molecule has 0 bridgehead atoms. The van der Waals surface area contributed by atoms with Crippen LogP contribution in [0.2, 0.25) is 0 Å². The van der Waals surface area contributed by atoms with Crippen LogP contribution in [0.3, 0.4) is 0 Å². The van der Waals surface area contributed by atoms with Gasteiger partial charge in [-0.25, -0.2) is 14.8 Å². The number of imidazole rings is 1. The molecule has 0 fully saturated rings. The lowest BCUT2D eigenvalue weighted by Crippen LogP contribution is -2.21. The number of carboxylic acids is 1. The maximum Gasteiger partial charge on any atom is 0.490 e. The number of aromatic nitrogens is 3. The summed E-state index contributed by atoms with van der Waals surface area (Å²) in [5.74, 6) is -2.58. The van der Waals surface area contributed by atoms with E-state index in [0.29, 0.717) is 17.1 Å². The molecule has 0 saturated carbocycles. The second kappa shape index (κ2) is 11.1. The summed E-state index contributed by atoms with van der Waals surface area (Å²) in [5, 5.41) is 9.96. The summed E-state index contributed by atoms with van der Waals surface area (Å²) in [4.78, 5) is 30.1. The minimum absolute atomic E-state index is 0.213. The van der Waals surface area contributed by atoms with Gasteiger partial charge in [0.2, 0.25) is 5.88 Å². The van der Waals surface area contributed by atoms with Crippen molar-refractivity contribution in [3.8, 4) is 5.88 Å². The van der Waals surface area contributed by atoms with Gasteiger partial charge in [-0.15, -0.1) is 0 Å². The molecular weight excluding hydrogens is 429 g/mol. The number of rotatable bonds is 7. The Bertz CT molecular complexity index is 1070. The van der Waals surface area contributed by atoms with E-state index in [1.807, 2.05) is 16.7 Å². The maximum absolute atomic E-state index is 12.5. The van der Waals surface area contributed by atoms with Crippen molar-refractivity contribution < 1.29 is 32.6 Å². The number of nitrogens with one attached hydrogen (secondary N) is 1. The average Bonchev–Trinajstić information content (AvgIpc) is 3.16. The van der Waals surface area contributed by atoms with Crippen molar-refractivity contribution in [2.24, 2.45) is 0 Å². The third-order valence-electron chi connectivity index (χ3n) is 4.25. The number of unbranched alkanes of at least 4 members (excludes halogenated alkanes) is 2. The number of anilines is 1. The van der Waals surface area contributed by atoms with Crippen LogP contribution in [0.15, 0.2) is 42.9 Å². The van der Waals surface area contributed by atoms with Gasteiger partial charge in [0.05, 0.1) is 18.4 Å². The summed E-state index contributed by atoms with van der Waals surface area (Å²) < 4.78 is 38.8. The van der Waals surface area contributed by atoms with E-state index in [4.69, 9.17) is 14.6 Å². The lowest BCUT2D eigenvalue weighted by atomic mass is 10.2. The maximum atomic E-state index is 12.5. The van der Waals surface area contributed by atoms with E-state index in [0.717, 1.165) is 24.2 Å². The Labute approximate surface area is 182 Å². The number of ether oxygens (including phenoxy) is 1. The van der Waals surface area contributed by atoms with Crippen molar-refractivity contribution in [2.75, 3.05) is 12.4 Å². The van der Waals surface area contributed by atoms with Gasteiger partial charge in [0, 0.05) is 18.6 Å². The van der Waals surface area contributed by atoms with Gasteiger partial charge in [-0.05, 0) is 37.1 Å². The van der Waals surface area contributed by atoms with Crippen molar-refractivity contribution in [2.45, 2.75) is 38.8 Å². The summed E-state index contributed by atoms with van der Waals surface area (Å²) in [5.41, 5.74) is 3.00. The number of methoxy groups -OCH3 is 1. The summed E-state index contributed by atoms with van der Waals surface area (Å²) >= 11 is 0. The molecule has 8 nitrogen and oxygen atoms in total. The van der Waals surface area contributed by atoms with E-state index in [1.54, 1.807) is 30.6 Å². The fourth-order valence-electron chi connectivity index (χ4n) is 2.70.